The standard InChI is InChI=1S/C21H27FN4O2/c1-14-7-18(26-20(23)8-14)11-16-12-24-13-19(16)28-6-5-25-21(27)10-15-3-2-4-17(22)9-15/h2-4,7-9,16,19,24H,5-6,10-13H2,1H3,(H2,23,26)(H,25,27). The molecule has 0 aliphatic carbocycles. The van der Waals surface area contributed by atoms with Gasteiger partial charge in [0.25, 0.3) is 0 Å². The molecule has 7 heteroatoms. The number of hydrogen-bond acceptors (Lipinski definition) is 5. The Morgan fingerprint density at radius 1 is 1.36 bits per heavy atom. The highest BCUT2D eigenvalue weighted by Gasteiger charge is 2.28. The molecule has 1 aliphatic heterocycles. The van der Waals surface area contributed by atoms with Crippen LogP contribution in [0.1, 0.15) is 16.8 Å². The van der Waals surface area contributed by atoms with Gasteiger partial charge in [0.2, 0.25) is 5.91 Å². The summed E-state index contributed by atoms with van der Waals surface area (Å²) < 4.78 is 19.1. The second kappa shape index (κ2) is 9.61. The minimum absolute atomic E-state index is 0.0728. The molecule has 2 aromatic rings. The van der Waals surface area contributed by atoms with E-state index in [9.17, 15) is 9.18 Å². The van der Waals surface area contributed by atoms with Crippen LogP contribution in [0.2, 0.25) is 0 Å². The Morgan fingerprint density at radius 3 is 3.00 bits per heavy atom. The second-order valence-electron chi connectivity index (χ2n) is 7.25. The van der Waals surface area contributed by atoms with Crippen molar-refractivity contribution in [3.63, 3.8) is 0 Å². The van der Waals surface area contributed by atoms with Crippen molar-refractivity contribution in [3.05, 3.63) is 59.0 Å². The summed E-state index contributed by atoms with van der Waals surface area (Å²) in [5, 5.41) is 6.17. The first-order valence-electron chi connectivity index (χ1n) is 9.56. The number of ether oxygens (including phenoxy) is 1. The molecule has 28 heavy (non-hydrogen) atoms. The first-order valence-corrected chi connectivity index (χ1v) is 9.56. The summed E-state index contributed by atoms with van der Waals surface area (Å²) in [5.41, 5.74) is 8.57. The molecule has 1 aromatic heterocycles. The molecule has 1 aliphatic rings. The monoisotopic (exact) mass is 386 g/mol. The lowest BCUT2D eigenvalue weighted by Crippen LogP contribution is -2.32. The maximum Gasteiger partial charge on any atom is 0.224 e. The summed E-state index contributed by atoms with van der Waals surface area (Å²) in [4.78, 5) is 16.4. The van der Waals surface area contributed by atoms with Gasteiger partial charge in [-0.25, -0.2) is 9.37 Å². The Labute approximate surface area is 164 Å². The number of hydrogen-bond donors (Lipinski definition) is 3. The number of benzene rings is 1. The van der Waals surface area contributed by atoms with Gasteiger partial charge in [0.15, 0.2) is 0 Å². The van der Waals surface area contributed by atoms with E-state index in [1.807, 2.05) is 13.0 Å². The van der Waals surface area contributed by atoms with Crippen LogP contribution in [0.3, 0.4) is 0 Å². The number of carbonyl (C=O) groups excluding carboxylic acids is 1. The summed E-state index contributed by atoms with van der Waals surface area (Å²) in [5.74, 6) is 0.379. The van der Waals surface area contributed by atoms with Gasteiger partial charge in [-0.05, 0) is 48.7 Å². The minimum Gasteiger partial charge on any atom is -0.384 e. The van der Waals surface area contributed by atoms with Gasteiger partial charge in [-0.1, -0.05) is 12.1 Å². The van der Waals surface area contributed by atoms with Crippen molar-refractivity contribution in [2.75, 3.05) is 32.0 Å². The molecule has 0 bridgehead atoms. The smallest absolute Gasteiger partial charge is 0.224 e. The third-order valence-corrected chi connectivity index (χ3v) is 4.80. The number of pyridine rings is 1. The van der Waals surface area contributed by atoms with Gasteiger partial charge in [-0.15, -0.1) is 0 Å². The van der Waals surface area contributed by atoms with Crippen LogP contribution in [0.5, 0.6) is 0 Å². The van der Waals surface area contributed by atoms with Crippen molar-refractivity contribution >= 4 is 11.7 Å². The topological polar surface area (TPSA) is 89.3 Å². The van der Waals surface area contributed by atoms with E-state index < -0.39 is 0 Å². The highest BCUT2D eigenvalue weighted by molar-refractivity contribution is 5.78. The molecular weight excluding hydrogens is 359 g/mol. The van der Waals surface area contributed by atoms with Crippen LogP contribution in [0, 0.1) is 18.7 Å². The molecule has 2 heterocycles. The maximum atomic E-state index is 13.2. The lowest BCUT2D eigenvalue weighted by molar-refractivity contribution is -0.120. The van der Waals surface area contributed by atoms with E-state index in [4.69, 9.17) is 10.5 Å². The summed E-state index contributed by atoms with van der Waals surface area (Å²) in [6.07, 6.45) is 1.03. The van der Waals surface area contributed by atoms with Crippen LogP contribution in [0.15, 0.2) is 36.4 Å². The predicted octanol–water partition coefficient (Wildman–Crippen LogP) is 1.62. The Hall–Kier alpha value is -2.51. The first-order chi connectivity index (χ1) is 13.5. The molecule has 1 amide bonds. The summed E-state index contributed by atoms with van der Waals surface area (Å²) in [6.45, 7) is 4.51. The lowest BCUT2D eigenvalue weighted by atomic mass is 9.99. The maximum absolute atomic E-state index is 13.2. The predicted molar refractivity (Wildman–Crippen MR) is 106 cm³/mol. The van der Waals surface area contributed by atoms with Crippen molar-refractivity contribution < 1.29 is 13.9 Å². The fraction of sp³-hybridized carbons (Fsp3) is 0.429. The molecule has 2 atom stereocenters. The zero-order valence-corrected chi connectivity index (χ0v) is 16.1. The number of aryl methyl sites for hydroxylation is 1. The molecule has 3 rings (SSSR count). The number of rotatable bonds is 8. The number of amides is 1. The average Bonchev–Trinajstić information content (AvgIpc) is 3.05. The SMILES string of the molecule is Cc1cc(N)nc(CC2CNCC2OCCNC(=O)Cc2cccc(F)c2)c1. The van der Waals surface area contributed by atoms with Gasteiger partial charge in [-0.3, -0.25) is 4.79 Å². The van der Waals surface area contributed by atoms with Crippen molar-refractivity contribution in [2.24, 2.45) is 5.92 Å². The minimum atomic E-state index is -0.335. The van der Waals surface area contributed by atoms with Gasteiger partial charge in [0.1, 0.15) is 11.6 Å². The van der Waals surface area contributed by atoms with E-state index in [2.05, 4.69) is 21.7 Å². The Bertz CT molecular complexity index is 794. The van der Waals surface area contributed by atoms with Gasteiger partial charge in [-0.2, -0.15) is 0 Å². The van der Waals surface area contributed by atoms with Crippen molar-refractivity contribution in [2.45, 2.75) is 25.9 Å². The van der Waals surface area contributed by atoms with Crippen molar-refractivity contribution in [3.8, 4) is 0 Å². The van der Waals surface area contributed by atoms with Crippen LogP contribution in [-0.4, -0.2) is 43.2 Å². The largest absolute Gasteiger partial charge is 0.384 e. The zero-order valence-electron chi connectivity index (χ0n) is 16.1. The van der Waals surface area contributed by atoms with E-state index in [0.717, 1.165) is 30.8 Å². The summed E-state index contributed by atoms with van der Waals surface area (Å²) >= 11 is 0. The van der Waals surface area contributed by atoms with Gasteiger partial charge in [0, 0.05) is 31.2 Å². The van der Waals surface area contributed by atoms with Gasteiger partial charge < -0.3 is 21.1 Å². The van der Waals surface area contributed by atoms with Crippen LogP contribution in [0.25, 0.3) is 0 Å². The molecule has 4 N–H and O–H groups in total. The number of nitrogens with two attached hydrogens (primary N) is 1. The van der Waals surface area contributed by atoms with Gasteiger partial charge in [0.05, 0.1) is 19.1 Å². The van der Waals surface area contributed by atoms with Crippen LogP contribution >= 0.6 is 0 Å². The van der Waals surface area contributed by atoms with Crippen molar-refractivity contribution in [1.29, 1.82) is 0 Å². The molecule has 0 spiro atoms. The fourth-order valence-corrected chi connectivity index (χ4v) is 3.54. The number of nitrogens with one attached hydrogen (secondary N) is 2. The Kier molecular flexibility index (Phi) is 6.95. The zero-order chi connectivity index (χ0) is 19.9. The molecule has 1 aromatic carbocycles. The lowest BCUT2D eigenvalue weighted by Gasteiger charge is -2.19. The number of halogens is 1. The first kappa shape index (κ1) is 20.2. The number of nitrogens with zero attached hydrogens (tertiary/aromatic N) is 1. The third kappa shape index (κ3) is 6.00. The normalized spacial score (nSPS) is 18.9. The summed E-state index contributed by atoms with van der Waals surface area (Å²) in [6, 6.07) is 9.99. The van der Waals surface area contributed by atoms with E-state index in [1.54, 1.807) is 12.1 Å². The van der Waals surface area contributed by atoms with E-state index in [1.165, 1.54) is 12.1 Å². The molecule has 1 fully saturated rings. The number of nitrogen functional groups attached to an aromatic ring is 1. The molecular formula is C21H27FN4O2. The second-order valence-corrected chi connectivity index (χ2v) is 7.25. The van der Waals surface area contributed by atoms with E-state index >= 15 is 0 Å². The van der Waals surface area contributed by atoms with Crippen LogP contribution in [-0.2, 0) is 22.4 Å². The summed E-state index contributed by atoms with van der Waals surface area (Å²) in [7, 11) is 0. The molecule has 6 nitrogen and oxygen atoms in total. The molecule has 150 valence electrons. The molecule has 0 radical (unpaired) electrons. The highest BCUT2D eigenvalue weighted by atomic mass is 19.1. The quantitative estimate of drug-likeness (QED) is 0.600. The fourth-order valence-electron chi connectivity index (χ4n) is 3.54. The molecule has 2 unspecified atom stereocenters. The van der Waals surface area contributed by atoms with Crippen molar-refractivity contribution in [1.82, 2.24) is 15.6 Å². The number of anilines is 1. The average molecular weight is 386 g/mol. The number of aromatic nitrogens is 1. The molecule has 1 saturated heterocycles. The van der Waals surface area contributed by atoms with Gasteiger partial charge >= 0.3 is 0 Å². The van der Waals surface area contributed by atoms with Crippen LogP contribution < -0.4 is 16.4 Å². The molecule has 0 saturated carbocycles. The Balaban J connectivity index is 1.40. The number of carbonyl (C=O) groups is 1. The van der Waals surface area contributed by atoms with Crippen LogP contribution in [0.4, 0.5) is 10.2 Å². The highest BCUT2D eigenvalue weighted by Crippen LogP contribution is 2.19. The van der Waals surface area contributed by atoms with E-state index in [0.29, 0.717) is 30.5 Å². The Morgan fingerprint density at radius 2 is 2.21 bits per heavy atom. The van der Waals surface area contributed by atoms with E-state index in [-0.39, 0.29) is 24.2 Å². The third-order valence-electron chi connectivity index (χ3n) is 4.80.